The number of β-amino-alcohol motifs (C(OH)–C–C–N with tert-alkyl or cyclic N) is 1. The van der Waals surface area contributed by atoms with Crippen molar-refractivity contribution in [3.63, 3.8) is 0 Å². The molecule has 1 aliphatic heterocycles. The maximum atomic E-state index is 13.0. The van der Waals surface area contributed by atoms with Gasteiger partial charge in [0.25, 0.3) is 0 Å². The summed E-state index contributed by atoms with van der Waals surface area (Å²) < 4.78 is 28.9. The molecule has 0 spiro atoms. The van der Waals surface area contributed by atoms with Crippen LogP contribution in [0.5, 0.6) is 0 Å². The van der Waals surface area contributed by atoms with Gasteiger partial charge in [-0.3, -0.25) is 4.90 Å². The molecule has 1 aliphatic rings. The fourth-order valence-electron chi connectivity index (χ4n) is 3.01. The zero-order valence-electron chi connectivity index (χ0n) is 14.2. The van der Waals surface area contributed by atoms with E-state index in [-0.39, 0.29) is 10.9 Å². The largest absolute Gasteiger partial charge is 0.392 e. The Hall–Kier alpha value is -1.88. The molecule has 1 aromatic carbocycles. The van der Waals surface area contributed by atoms with E-state index in [0.717, 1.165) is 0 Å². The van der Waals surface area contributed by atoms with E-state index in [0.29, 0.717) is 31.9 Å². The molecule has 0 aliphatic carbocycles. The van der Waals surface area contributed by atoms with Gasteiger partial charge in [-0.15, -0.1) is 5.10 Å². The monoisotopic (exact) mass is 366 g/mol. The number of benzene rings is 1. The summed E-state index contributed by atoms with van der Waals surface area (Å²) >= 11 is 0. The highest BCUT2D eigenvalue weighted by atomic mass is 32.2. The molecule has 3 rings (SSSR count). The van der Waals surface area contributed by atoms with E-state index >= 15 is 0 Å². The van der Waals surface area contributed by atoms with Crippen LogP contribution in [-0.2, 0) is 10.0 Å². The molecule has 1 N–H and O–H groups in total. The number of aliphatic hydroxyl groups excluding tert-OH is 1. The molecule has 136 valence electrons. The van der Waals surface area contributed by atoms with Gasteiger partial charge in [-0.05, 0) is 42.5 Å². The van der Waals surface area contributed by atoms with Crippen LogP contribution in [0.4, 0.5) is 0 Å². The molecule has 0 bridgehead atoms. The third kappa shape index (κ3) is 3.87. The highest BCUT2D eigenvalue weighted by molar-refractivity contribution is 7.89. The van der Waals surface area contributed by atoms with E-state index in [4.69, 9.17) is 0 Å². The lowest BCUT2D eigenvalue weighted by Crippen LogP contribution is -2.54. The second kappa shape index (κ2) is 7.16. The van der Waals surface area contributed by atoms with Gasteiger partial charge in [0.05, 0.1) is 16.7 Å². The van der Waals surface area contributed by atoms with Gasteiger partial charge in [0.2, 0.25) is 10.0 Å². The molecule has 0 amide bonds. The van der Waals surface area contributed by atoms with Crippen molar-refractivity contribution >= 4 is 10.0 Å². The summed E-state index contributed by atoms with van der Waals surface area (Å²) in [6.45, 7) is 5.64. The Balaban J connectivity index is 1.80. The Morgan fingerprint density at radius 2 is 2.16 bits per heavy atom. The fourth-order valence-corrected chi connectivity index (χ4v) is 4.56. The van der Waals surface area contributed by atoms with Gasteiger partial charge in [0.1, 0.15) is 6.33 Å². The average Bonchev–Trinajstić information content (AvgIpc) is 3.11. The van der Waals surface area contributed by atoms with Crippen LogP contribution in [0.1, 0.15) is 13.8 Å². The van der Waals surface area contributed by atoms with E-state index in [1.807, 2.05) is 6.92 Å². The van der Waals surface area contributed by atoms with Crippen LogP contribution in [0.15, 0.2) is 35.5 Å². The topological polar surface area (TPSA) is 104 Å². The minimum absolute atomic E-state index is 0.0424. The lowest BCUT2D eigenvalue weighted by atomic mass is 10.2. The zero-order valence-corrected chi connectivity index (χ0v) is 15.0. The smallest absolute Gasteiger partial charge is 0.243 e. The molecule has 1 fully saturated rings. The van der Waals surface area contributed by atoms with Crippen LogP contribution in [0.3, 0.4) is 0 Å². The third-order valence-corrected chi connectivity index (χ3v) is 6.16. The van der Waals surface area contributed by atoms with Gasteiger partial charge in [-0.25, -0.2) is 13.1 Å². The molecule has 2 aromatic rings. The number of aromatic nitrogens is 4. The van der Waals surface area contributed by atoms with Crippen molar-refractivity contribution in [2.45, 2.75) is 30.9 Å². The van der Waals surface area contributed by atoms with Gasteiger partial charge >= 0.3 is 0 Å². The van der Waals surface area contributed by atoms with Gasteiger partial charge in [-0.2, -0.15) is 4.31 Å². The molecular formula is C15H22N6O3S. The molecule has 10 heteroatoms. The number of hydrogen-bond acceptors (Lipinski definition) is 7. The van der Waals surface area contributed by atoms with E-state index in [1.54, 1.807) is 31.2 Å². The Kier molecular flexibility index (Phi) is 5.13. The summed E-state index contributed by atoms with van der Waals surface area (Å²) in [6.07, 6.45) is 0.987. The number of aliphatic hydroxyl groups is 1. The molecule has 0 unspecified atom stereocenters. The van der Waals surface area contributed by atoms with Crippen molar-refractivity contribution in [1.82, 2.24) is 29.4 Å². The van der Waals surface area contributed by atoms with Gasteiger partial charge in [0.15, 0.2) is 0 Å². The van der Waals surface area contributed by atoms with Gasteiger partial charge in [0, 0.05) is 32.2 Å². The summed E-state index contributed by atoms with van der Waals surface area (Å²) in [6, 6.07) is 6.62. The standard InChI is InChI=1S/C15H22N6O3S/c1-12-9-20(7-6-19(12)10-13(2)22)25(23,24)15-5-3-4-14(8-15)21-11-16-17-18-21/h3-5,8,11-13,22H,6-7,9-10H2,1-2H3/t12-,13-/m0/s1. The molecule has 0 radical (unpaired) electrons. The van der Waals surface area contributed by atoms with Gasteiger partial charge in [-0.1, -0.05) is 6.07 Å². The Morgan fingerprint density at radius 3 is 2.80 bits per heavy atom. The van der Waals surface area contributed by atoms with Crippen LogP contribution in [0.25, 0.3) is 5.69 Å². The number of rotatable bonds is 5. The predicted molar refractivity (Wildman–Crippen MR) is 90.6 cm³/mol. The van der Waals surface area contributed by atoms with Crippen molar-refractivity contribution in [3.05, 3.63) is 30.6 Å². The summed E-state index contributed by atoms with van der Waals surface area (Å²) in [5, 5.41) is 20.5. The quantitative estimate of drug-likeness (QED) is 0.777. The van der Waals surface area contributed by atoms with Crippen molar-refractivity contribution < 1.29 is 13.5 Å². The molecule has 2 heterocycles. The Morgan fingerprint density at radius 1 is 1.36 bits per heavy atom. The second-order valence-corrected chi connectivity index (χ2v) is 8.25. The summed E-state index contributed by atoms with van der Waals surface area (Å²) in [4.78, 5) is 2.32. The lowest BCUT2D eigenvalue weighted by molar-refractivity contribution is 0.0699. The van der Waals surface area contributed by atoms with Crippen LogP contribution >= 0.6 is 0 Å². The summed E-state index contributed by atoms with van der Waals surface area (Å²) in [7, 11) is -3.60. The van der Waals surface area contributed by atoms with Crippen molar-refractivity contribution in [3.8, 4) is 5.69 Å². The number of piperazine rings is 1. The SMILES string of the molecule is C[C@H](O)CN1CCN(S(=O)(=O)c2cccc(-n3cnnn3)c2)C[C@@H]1C. The maximum Gasteiger partial charge on any atom is 0.243 e. The number of sulfonamides is 1. The summed E-state index contributed by atoms with van der Waals surface area (Å²) in [5.41, 5.74) is 0.590. The number of hydrogen-bond donors (Lipinski definition) is 1. The fraction of sp³-hybridized carbons (Fsp3) is 0.533. The zero-order chi connectivity index (χ0) is 18.0. The number of nitrogens with zero attached hydrogens (tertiary/aromatic N) is 6. The van der Waals surface area contributed by atoms with E-state index in [1.165, 1.54) is 15.3 Å². The number of tetrazole rings is 1. The molecular weight excluding hydrogens is 344 g/mol. The first kappa shape index (κ1) is 17.9. The van der Waals surface area contributed by atoms with E-state index in [2.05, 4.69) is 20.4 Å². The first-order valence-corrected chi connectivity index (χ1v) is 9.57. The van der Waals surface area contributed by atoms with Crippen molar-refractivity contribution in [1.29, 1.82) is 0 Å². The van der Waals surface area contributed by atoms with Crippen LogP contribution in [0, 0.1) is 0 Å². The molecule has 9 nitrogen and oxygen atoms in total. The molecule has 0 saturated carbocycles. The predicted octanol–water partition coefficient (Wildman–Crippen LogP) is -0.262. The van der Waals surface area contributed by atoms with Crippen LogP contribution in [-0.4, -0.2) is 81.3 Å². The first-order chi connectivity index (χ1) is 11.9. The van der Waals surface area contributed by atoms with Gasteiger partial charge < -0.3 is 5.11 Å². The summed E-state index contributed by atoms with van der Waals surface area (Å²) in [5.74, 6) is 0. The molecule has 1 aromatic heterocycles. The first-order valence-electron chi connectivity index (χ1n) is 8.13. The molecule has 1 saturated heterocycles. The van der Waals surface area contributed by atoms with Crippen molar-refractivity contribution in [2.75, 3.05) is 26.2 Å². The second-order valence-electron chi connectivity index (χ2n) is 6.31. The highest BCUT2D eigenvalue weighted by Gasteiger charge is 2.32. The van der Waals surface area contributed by atoms with Crippen LogP contribution < -0.4 is 0 Å². The molecule has 2 atom stereocenters. The minimum Gasteiger partial charge on any atom is -0.392 e. The molecule has 25 heavy (non-hydrogen) atoms. The average molecular weight is 366 g/mol. The highest BCUT2D eigenvalue weighted by Crippen LogP contribution is 2.22. The maximum absolute atomic E-state index is 13.0. The van der Waals surface area contributed by atoms with E-state index in [9.17, 15) is 13.5 Å². The Labute approximate surface area is 146 Å². The third-order valence-electron chi connectivity index (χ3n) is 4.30. The lowest BCUT2D eigenvalue weighted by Gasteiger charge is -2.39. The van der Waals surface area contributed by atoms with Crippen LogP contribution in [0.2, 0.25) is 0 Å². The normalized spacial score (nSPS) is 21.3. The minimum atomic E-state index is -3.60. The van der Waals surface area contributed by atoms with E-state index < -0.39 is 16.1 Å². The Bertz CT molecular complexity index is 808. The van der Waals surface area contributed by atoms with Crippen molar-refractivity contribution in [2.24, 2.45) is 0 Å².